The lowest BCUT2D eigenvalue weighted by Gasteiger charge is -2.22. The summed E-state index contributed by atoms with van der Waals surface area (Å²) in [5, 5.41) is 36.4. The highest BCUT2D eigenvalue weighted by Crippen LogP contribution is 2.22. The average Bonchev–Trinajstić information content (AvgIpc) is 2.25. The molecule has 0 radical (unpaired) electrons. The highest BCUT2D eigenvalue weighted by atomic mass is 16.3. The minimum Gasteiger partial charge on any atom is -0.395 e. The summed E-state index contributed by atoms with van der Waals surface area (Å²) >= 11 is 0. The molecule has 1 saturated heterocycles. The van der Waals surface area contributed by atoms with Gasteiger partial charge < -0.3 is 20.4 Å². The molecule has 1 aliphatic heterocycles. The van der Waals surface area contributed by atoms with Crippen molar-refractivity contribution >= 4 is 0 Å². The number of hydrogen-bond acceptors (Lipinski definition) is 5. The van der Waals surface area contributed by atoms with E-state index in [9.17, 15) is 10.2 Å². The first-order chi connectivity index (χ1) is 5.63. The second-order valence-corrected chi connectivity index (χ2v) is 3.15. The van der Waals surface area contributed by atoms with Crippen molar-refractivity contribution in [1.29, 1.82) is 0 Å². The normalized spacial score (nSPS) is 43.8. The molecule has 1 rings (SSSR count). The summed E-state index contributed by atoms with van der Waals surface area (Å²) in [5.41, 5.74) is 0. The Morgan fingerprint density at radius 2 is 1.33 bits per heavy atom. The van der Waals surface area contributed by atoms with Crippen molar-refractivity contribution in [3.05, 3.63) is 0 Å². The van der Waals surface area contributed by atoms with Crippen LogP contribution in [0.15, 0.2) is 0 Å². The summed E-state index contributed by atoms with van der Waals surface area (Å²) in [6.07, 6.45) is -1.95. The fourth-order valence-electron chi connectivity index (χ4n) is 1.66. The maximum absolute atomic E-state index is 9.37. The molecule has 12 heavy (non-hydrogen) atoms. The molecule has 72 valence electrons. The molecular formula is C7H15NO4. The van der Waals surface area contributed by atoms with E-state index in [2.05, 4.69) is 0 Å². The minimum atomic E-state index is -0.975. The molecule has 0 aromatic heterocycles. The van der Waals surface area contributed by atoms with Crippen LogP contribution in [0.2, 0.25) is 0 Å². The van der Waals surface area contributed by atoms with Crippen LogP contribution in [0.4, 0.5) is 0 Å². The van der Waals surface area contributed by atoms with Gasteiger partial charge in [-0.05, 0) is 7.05 Å². The number of rotatable bonds is 2. The van der Waals surface area contributed by atoms with Gasteiger partial charge in [-0.25, -0.2) is 0 Å². The zero-order valence-electron chi connectivity index (χ0n) is 6.96. The molecule has 4 atom stereocenters. The molecule has 0 spiro atoms. The summed E-state index contributed by atoms with van der Waals surface area (Å²) in [7, 11) is 1.65. The molecule has 4 N–H and O–H groups in total. The number of aliphatic hydroxyl groups excluding tert-OH is 4. The summed E-state index contributed by atoms with van der Waals surface area (Å²) in [6.45, 7) is -0.434. The lowest BCUT2D eigenvalue weighted by molar-refractivity contribution is 0.0130. The highest BCUT2D eigenvalue weighted by molar-refractivity contribution is 4.98. The number of likely N-dealkylation sites (N-methyl/N-ethyl adjacent to an activating group) is 1. The van der Waals surface area contributed by atoms with Crippen molar-refractivity contribution < 1.29 is 20.4 Å². The van der Waals surface area contributed by atoms with Crippen LogP contribution in [-0.4, -0.2) is 69.9 Å². The molecule has 0 saturated carbocycles. The maximum Gasteiger partial charge on any atom is 0.0992 e. The Balaban J connectivity index is 2.71. The highest BCUT2D eigenvalue weighted by Gasteiger charge is 2.44. The first-order valence-corrected chi connectivity index (χ1v) is 3.93. The quantitative estimate of drug-likeness (QED) is 0.371. The molecule has 0 aromatic carbocycles. The van der Waals surface area contributed by atoms with Crippen LogP contribution in [0.25, 0.3) is 0 Å². The fraction of sp³-hybridized carbons (Fsp3) is 1.00. The van der Waals surface area contributed by atoms with Gasteiger partial charge in [-0.2, -0.15) is 0 Å². The third-order valence-corrected chi connectivity index (χ3v) is 2.56. The van der Waals surface area contributed by atoms with Gasteiger partial charge in [0.15, 0.2) is 0 Å². The van der Waals surface area contributed by atoms with E-state index in [4.69, 9.17) is 10.2 Å². The van der Waals surface area contributed by atoms with Crippen molar-refractivity contribution in [3.63, 3.8) is 0 Å². The fourth-order valence-corrected chi connectivity index (χ4v) is 1.66. The summed E-state index contributed by atoms with van der Waals surface area (Å²) in [5.74, 6) is 0. The smallest absolute Gasteiger partial charge is 0.0992 e. The third kappa shape index (κ3) is 1.34. The molecule has 0 aliphatic carbocycles. The number of likely N-dealkylation sites (tertiary alicyclic amines) is 1. The zero-order valence-corrected chi connectivity index (χ0v) is 6.96. The van der Waals surface area contributed by atoms with Gasteiger partial charge in [0.2, 0.25) is 0 Å². The monoisotopic (exact) mass is 177 g/mol. The standard InChI is InChI=1S/C7H15NO4/c1-8-4(2-9)6(11)7(12)5(8)3-10/h4-7,9-12H,2-3H2,1H3. The summed E-state index contributed by atoms with van der Waals surface area (Å²) < 4.78 is 0. The van der Waals surface area contributed by atoms with E-state index in [1.165, 1.54) is 0 Å². The van der Waals surface area contributed by atoms with Crippen molar-refractivity contribution in [1.82, 2.24) is 4.90 Å². The molecule has 1 aliphatic rings. The SMILES string of the molecule is CN1C(CO)C(O)C(O)C1CO. The zero-order chi connectivity index (χ0) is 9.30. The van der Waals surface area contributed by atoms with E-state index in [0.717, 1.165) is 0 Å². The van der Waals surface area contributed by atoms with Gasteiger partial charge in [0, 0.05) is 0 Å². The Morgan fingerprint density at radius 1 is 1.00 bits per heavy atom. The number of nitrogens with zero attached hydrogens (tertiary/aromatic N) is 1. The van der Waals surface area contributed by atoms with Crippen molar-refractivity contribution in [2.75, 3.05) is 20.3 Å². The molecule has 1 fully saturated rings. The molecule has 1 heterocycles. The molecule has 0 aromatic rings. The second kappa shape index (κ2) is 3.68. The van der Waals surface area contributed by atoms with Crippen molar-refractivity contribution in [2.24, 2.45) is 0 Å². The molecule has 5 nitrogen and oxygen atoms in total. The number of aliphatic hydroxyl groups is 4. The minimum absolute atomic E-state index is 0.217. The van der Waals surface area contributed by atoms with Gasteiger partial charge >= 0.3 is 0 Å². The van der Waals surface area contributed by atoms with Gasteiger partial charge in [0.25, 0.3) is 0 Å². The van der Waals surface area contributed by atoms with E-state index in [-0.39, 0.29) is 13.2 Å². The Morgan fingerprint density at radius 3 is 1.50 bits per heavy atom. The van der Waals surface area contributed by atoms with Crippen LogP contribution in [0.1, 0.15) is 0 Å². The Labute approximate surface area is 70.9 Å². The summed E-state index contributed by atoms with van der Waals surface area (Å²) in [4.78, 5) is 1.59. The van der Waals surface area contributed by atoms with E-state index >= 15 is 0 Å². The molecule has 5 heteroatoms. The Kier molecular flexibility index (Phi) is 3.03. The van der Waals surface area contributed by atoms with Crippen LogP contribution in [-0.2, 0) is 0 Å². The average molecular weight is 177 g/mol. The summed E-state index contributed by atoms with van der Waals surface area (Å²) in [6, 6.07) is -0.950. The predicted molar refractivity (Wildman–Crippen MR) is 41.5 cm³/mol. The van der Waals surface area contributed by atoms with E-state index < -0.39 is 24.3 Å². The molecule has 4 unspecified atom stereocenters. The third-order valence-electron chi connectivity index (χ3n) is 2.56. The second-order valence-electron chi connectivity index (χ2n) is 3.15. The van der Waals surface area contributed by atoms with Gasteiger partial charge in [-0.15, -0.1) is 0 Å². The van der Waals surface area contributed by atoms with Crippen molar-refractivity contribution in [2.45, 2.75) is 24.3 Å². The van der Waals surface area contributed by atoms with Crippen LogP contribution < -0.4 is 0 Å². The molecule has 0 bridgehead atoms. The van der Waals surface area contributed by atoms with Crippen LogP contribution in [0, 0.1) is 0 Å². The van der Waals surface area contributed by atoms with E-state index in [0.29, 0.717) is 0 Å². The Hall–Kier alpha value is -0.200. The first-order valence-electron chi connectivity index (χ1n) is 3.93. The first kappa shape index (κ1) is 9.88. The van der Waals surface area contributed by atoms with Gasteiger partial charge in [0.05, 0.1) is 37.5 Å². The van der Waals surface area contributed by atoms with Crippen LogP contribution in [0.3, 0.4) is 0 Å². The van der Waals surface area contributed by atoms with Crippen LogP contribution >= 0.6 is 0 Å². The topological polar surface area (TPSA) is 84.2 Å². The van der Waals surface area contributed by atoms with E-state index in [1.54, 1.807) is 11.9 Å². The lowest BCUT2D eigenvalue weighted by atomic mass is 10.1. The lowest BCUT2D eigenvalue weighted by Crippen LogP contribution is -2.39. The number of hydrogen-bond donors (Lipinski definition) is 4. The largest absolute Gasteiger partial charge is 0.395 e. The maximum atomic E-state index is 9.37. The van der Waals surface area contributed by atoms with Gasteiger partial charge in [0.1, 0.15) is 0 Å². The Bertz CT molecular complexity index is 138. The molecular weight excluding hydrogens is 162 g/mol. The van der Waals surface area contributed by atoms with Gasteiger partial charge in [-0.1, -0.05) is 0 Å². The predicted octanol–water partition coefficient (Wildman–Crippen LogP) is -2.62. The van der Waals surface area contributed by atoms with Crippen LogP contribution in [0.5, 0.6) is 0 Å². The van der Waals surface area contributed by atoms with E-state index in [1.807, 2.05) is 0 Å². The van der Waals surface area contributed by atoms with Gasteiger partial charge in [-0.3, -0.25) is 4.90 Å². The van der Waals surface area contributed by atoms with Crippen molar-refractivity contribution in [3.8, 4) is 0 Å². The molecule has 0 amide bonds.